The Hall–Kier alpha value is -2.04. The van der Waals surface area contributed by atoms with E-state index < -0.39 is 0 Å². The Morgan fingerprint density at radius 3 is 2.35 bits per heavy atom. The van der Waals surface area contributed by atoms with Crippen molar-refractivity contribution in [3.8, 4) is 0 Å². The van der Waals surface area contributed by atoms with E-state index >= 15 is 0 Å². The third kappa shape index (κ3) is 4.77. The van der Waals surface area contributed by atoms with Crippen LogP contribution in [-0.2, 0) is 11.2 Å². The molecule has 3 amide bonds. The van der Waals surface area contributed by atoms with E-state index in [0.29, 0.717) is 5.92 Å². The van der Waals surface area contributed by atoms with Gasteiger partial charge in [0.2, 0.25) is 5.91 Å². The summed E-state index contributed by atoms with van der Waals surface area (Å²) in [6.07, 6.45) is 3.82. The molecule has 2 heterocycles. The Morgan fingerprint density at radius 1 is 1.04 bits per heavy atom. The lowest BCUT2D eigenvalue weighted by atomic mass is 9.99. The quantitative estimate of drug-likeness (QED) is 0.901. The summed E-state index contributed by atoms with van der Waals surface area (Å²) in [6, 6.07) is 10.8. The molecule has 142 valence electrons. The highest BCUT2D eigenvalue weighted by Gasteiger charge is 2.29. The summed E-state index contributed by atoms with van der Waals surface area (Å²) < 4.78 is 0. The highest BCUT2D eigenvalue weighted by molar-refractivity contribution is 5.78. The summed E-state index contributed by atoms with van der Waals surface area (Å²) in [4.78, 5) is 28.5. The molecule has 0 aromatic heterocycles. The minimum absolute atomic E-state index is 0.0484. The maximum absolute atomic E-state index is 12.6. The van der Waals surface area contributed by atoms with Crippen molar-refractivity contribution in [1.82, 2.24) is 15.1 Å². The second-order valence-electron chi connectivity index (χ2n) is 7.99. The van der Waals surface area contributed by atoms with Gasteiger partial charge in [-0.05, 0) is 37.2 Å². The number of carbonyl (C=O) groups excluding carboxylic acids is 2. The first kappa shape index (κ1) is 18.7. The van der Waals surface area contributed by atoms with Crippen molar-refractivity contribution in [2.45, 2.75) is 45.6 Å². The SMILES string of the molecule is CC(C)C(=O)N1CCC(NC(=O)N2CCC(Cc3ccccc3)C2)CC1. The zero-order valence-electron chi connectivity index (χ0n) is 16.0. The van der Waals surface area contributed by atoms with Crippen molar-refractivity contribution in [1.29, 1.82) is 0 Å². The van der Waals surface area contributed by atoms with Crippen molar-refractivity contribution < 1.29 is 9.59 Å². The third-order valence-corrected chi connectivity index (χ3v) is 5.57. The van der Waals surface area contributed by atoms with E-state index in [4.69, 9.17) is 0 Å². The molecule has 1 aromatic carbocycles. The molecule has 3 rings (SSSR count). The van der Waals surface area contributed by atoms with Gasteiger partial charge in [-0.15, -0.1) is 0 Å². The first-order valence-corrected chi connectivity index (χ1v) is 9.91. The fourth-order valence-corrected chi connectivity index (χ4v) is 4.01. The summed E-state index contributed by atoms with van der Waals surface area (Å²) in [5.41, 5.74) is 1.35. The molecule has 26 heavy (non-hydrogen) atoms. The number of amides is 3. The molecule has 5 nitrogen and oxygen atoms in total. The maximum Gasteiger partial charge on any atom is 0.317 e. The molecular weight excluding hydrogens is 326 g/mol. The number of nitrogens with zero attached hydrogens (tertiary/aromatic N) is 2. The van der Waals surface area contributed by atoms with E-state index in [1.807, 2.05) is 29.7 Å². The predicted molar refractivity (Wildman–Crippen MR) is 103 cm³/mol. The number of benzene rings is 1. The van der Waals surface area contributed by atoms with E-state index in [-0.39, 0.29) is 23.9 Å². The van der Waals surface area contributed by atoms with Crippen molar-refractivity contribution in [3.63, 3.8) is 0 Å². The van der Waals surface area contributed by atoms with Crippen molar-refractivity contribution in [2.75, 3.05) is 26.2 Å². The Morgan fingerprint density at radius 2 is 1.69 bits per heavy atom. The number of hydrogen-bond acceptors (Lipinski definition) is 2. The molecule has 5 heteroatoms. The van der Waals surface area contributed by atoms with E-state index in [1.54, 1.807) is 0 Å². The Kier molecular flexibility index (Phi) is 6.17. The largest absolute Gasteiger partial charge is 0.342 e. The summed E-state index contributed by atoms with van der Waals surface area (Å²) in [7, 11) is 0. The van der Waals surface area contributed by atoms with Gasteiger partial charge in [-0.2, -0.15) is 0 Å². The molecule has 1 unspecified atom stereocenters. The molecule has 1 aromatic rings. The highest BCUT2D eigenvalue weighted by Crippen LogP contribution is 2.21. The average Bonchev–Trinajstić information content (AvgIpc) is 3.11. The van der Waals surface area contributed by atoms with Gasteiger partial charge in [0.05, 0.1) is 0 Å². The molecule has 2 saturated heterocycles. The van der Waals surface area contributed by atoms with Gasteiger partial charge < -0.3 is 15.1 Å². The smallest absolute Gasteiger partial charge is 0.317 e. The number of rotatable bonds is 4. The van der Waals surface area contributed by atoms with Gasteiger partial charge in [-0.3, -0.25) is 4.79 Å². The second kappa shape index (κ2) is 8.56. The van der Waals surface area contributed by atoms with Crippen molar-refractivity contribution in [2.24, 2.45) is 11.8 Å². The number of likely N-dealkylation sites (tertiary alicyclic amines) is 2. The van der Waals surface area contributed by atoms with Crippen LogP contribution in [0.1, 0.15) is 38.7 Å². The Bertz CT molecular complexity index is 609. The summed E-state index contributed by atoms with van der Waals surface area (Å²) in [5, 5.41) is 3.18. The summed E-state index contributed by atoms with van der Waals surface area (Å²) in [6.45, 7) is 7.06. The number of urea groups is 1. The maximum atomic E-state index is 12.6. The lowest BCUT2D eigenvalue weighted by molar-refractivity contribution is -0.135. The van der Waals surface area contributed by atoms with E-state index in [0.717, 1.165) is 51.9 Å². The molecule has 2 fully saturated rings. The van der Waals surface area contributed by atoms with Crippen LogP contribution in [-0.4, -0.2) is 54.0 Å². The van der Waals surface area contributed by atoms with Crippen LogP contribution in [0.2, 0.25) is 0 Å². The molecule has 1 atom stereocenters. The molecule has 2 aliphatic heterocycles. The summed E-state index contributed by atoms with van der Waals surface area (Å²) >= 11 is 0. The lowest BCUT2D eigenvalue weighted by Gasteiger charge is -2.34. The topological polar surface area (TPSA) is 52.7 Å². The lowest BCUT2D eigenvalue weighted by Crippen LogP contribution is -2.50. The number of carbonyl (C=O) groups is 2. The monoisotopic (exact) mass is 357 g/mol. The van der Waals surface area contributed by atoms with Crippen LogP contribution in [0.3, 0.4) is 0 Å². The standard InChI is InChI=1S/C21H31N3O2/c1-16(2)20(25)23-12-9-19(10-13-23)22-21(26)24-11-8-18(15-24)14-17-6-4-3-5-7-17/h3-7,16,18-19H,8-15H2,1-2H3,(H,22,26). The van der Waals surface area contributed by atoms with Gasteiger partial charge in [0.1, 0.15) is 0 Å². The van der Waals surface area contributed by atoms with Crippen molar-refractivity contribution >= 4 is 11.9 Å². The van der Waals surface area contributed by atoms with Crippen LogP contribution in [0.4, 0.5) is 4.79 Å². The third-order valence-electron chi connectivity index (χ3n) is 5.57. The molecule has 0 bridgehead atoms. The fourth-order valence-electron chi connectivity index (χ4n) is 4.01. The van der Waals surface area contributed by atoms with Gasteiger partial charge in [-0.1, -0.05) is 44.2 Å². The van der Waals surface area contributed by atoms with Gasteiger partial charge in [0.15, 0.2) is 0 Å². The molecular formula is C21H31N3O2. The molecule has 0 aliphatic carbocycles. The van der Waals surface area contributed by atoms with Crippen molar-refractivity contribution in [3.05, 3.63) is 35.9 Å². The summed E-state index contributed by atoms with van der Waals surface area (Å²) in [5.74, 6) is 0.819. The van der Waals surface area contributed by atoms with Crippen LogP contribution >= 0.6 is 0 Å². The van der Waals surface area contributed by atoms with Crippen LogP contribution in [0.25, 0.3) is 0 Å². The van der Waals surface area contributed by atoms with Gasteiger partial charge >= 0.3 is 6.03 Å². The minimum atomic E-state index is 0.0484. The van der Waals surface area contributed by atoms with Gasteiger partial charge in [0, 0.05) is 38.1 Å². The van der Waals surface area contributed by atoms with E-state index in [1.165, 1.54) is 5.56 Å². The Labute approximate surface area is 156 Å². The Balaban J connectivity index is 1.41. The molecule has 2 aliphatic rings. The zero-order valence-corrected chi connectivity index (χ0v) is 16.0. The molecule has 1 N–H and O–H groups in total. The fraction of sp³-hybridized carbons (Fsp3) is 0.619. The first-order chi connectivity index (χ1) is 12.5. The predicted octanol–water partition coefficient (Wildman–Crippen LogP) is 2.91. The number of nitrogens with one attached hydrogen (secondary N) is 1. The van der Waals surface area contributed by atoms with Crippen LogP contribution in [0, 0.1) is 11.8 Å². The normalized spacial score (nSPS) is 21.3. The van der Waals surface area contributed by atoms with E-state index in [9.17, 15) is 9.59 Å². The van der Waals surface area contributed by atoms with Gasteiger partial charge in [0.25, 0.3) is 0 Å². The second-order valence-corrected chi connectivity index (χ2v) is 7.99. The van der Waals surface area contributed by atoms with E-state index in [2.05, 4.69) is 29.6 Å². The minimum Gasteiger partial charge on any atom is -0.342 e. The highest BCUT2D eigenvalue weighted by atomic mass is 16.2. The number of piperidine rings is 1. The zero-order chi connectivity index (χ0) is 18.5. The van der Waals surface area contributed by atoms with Crippen LogP contribution in [0.15, 0.2) is 30.3 Å². The molecule has 0 spiro atoms. The number of hydrogen-bond donors (Lipinski definition) is 1. The average molecular weight is 357 g/mol. The van der Waals surface area contributed by atoms with Crippen LogP contribution < -0.4 is 5.32 Å². The first-order valence-electron chi connectivity index (χ1n) is 9.91. The van der Waals surface area contributed by atoms with Gasteiger partial charge in [-0.25, -0.2) is 4.79 Å². The van der Waals surface area contributed by atoms with Crippen LogP contribution in [0.5, 0.6) is 0 Å². The molecule has 0 saturated carbocycles. The molecule has 0 radical (unpaired) electrons.